The third kappa shape index (κ3) is 3.30. The Hall–Kier alpha value is -0.860. The molecule has 1 fully saturated rings. The Kier molecular flexibility index (Phi) is 4.19. The van der Waals surface area contributed by atoms with Crippen molar-refractivity contribution >= 4 is 0 Å². The minimum Gasteiger partial charge on any atom is -0.328 e. The number of likely N-dealkylation sites (tertiary alicyclic amines) is 1. The number of hydrogen-bond acceptors (Lipinski definition) is 2. The van der Waals surface area contributed by atoms with Crippen molar-refractivity contribution in [3.8, 4) is 0 Å². The molecule has 1 heterocycles. The van der Waals surface area contributed by atoms with Crippen molar-refractivity contribution in [1.82, 2.24) is 4.90 Å². The lowest BCUT2D eigenvalue weighted by Gasteiger charge is -2.25. The highest BCUT2D eigenvalue weighted by Gasteiger charge is 2.27. The first-order valence-corrected chi connectivity index (χ1v) is 6.71. The molecule has 3 atom stereocenters. The Morgan fingerprint density at radius 3 is 2.65 bits per heavy atom. The standard InChI is InChI=1S/C15H24N2/c1-12(16)10-13(2)17-9-8-15(11-17)14-6-4-3-5-7-14/h3-7,12-13,15H,8-11,16H2,1-2H3. The van der Waals surface area contributed by atoms with E-state index in [-0.39, 0.29) is 0 Å². The largest absolute Gasteiger partial charge is 0.328 e. The fourth-order valence-corrected chi connectivity index (χ4v) is 2.87. The molecule has 2 nitrogen and oxygen atoms in total. The third-order valence-electron chi connectivity index (χ3n) is 3.83. The van der Waals surface area contributed by atoms with Crippen LogP contribution in [0.1, 0.15) is 38.2 Å². The van der Waals surface area contributed by atoms with Crippen molar-refractivity contribution in [3.05, 3.63) is 35.9 Å². The molecule has 0 bridgehead atoms. The summed E-state index contributed by atoms with van der Waals surface area (Å²) in [6.07, 6.45) is 2.38. The van der Waals surface area contributed by atoms with Crippen molar-refractivity contribution in [2.75, 3.05) is 13.1 Å². The molecule has 0 radical (unpaired) electrons. The Bertz CT molecular complexity index is 334. The molecule has 94 valence electrons. The molecule has 3 unspecified atom stereocenters. The molecular weight excluding hydrogens is 208 g/mol. The predicted octanol–water partition coefficient (Wildman–Crippen LogP) is 2.60. The van der Waals surface area contributed by atoms with Crippen LogP contribution in [0.4, 0.5) is 0 Å². The lowest BCUT2D eigenvalue weighted by atomic mass is 9.99. The highest BCUT2D eigenvalue weighted by molar-refractivity contribution is 5.21. The molecule has 0 aliphatic carbocycles. The van der Waals surface area contributed by atoms with Crippen LogP contribution in [0.5, 0.6) is 0 Å². The predicted molar refractivity (Wildman–Crippen MR) is 73.1 cm³/mol. The van der Waals surface area contributed by atoms with Gasteiger partial charge in [-0.2, -0.15) is 0 Å². The highest BCUT2D eigenvalue weighted by atomic mass is 15.2. The molecule has 0 amide bonds. The molecule has 1 aliphatic heterocycles. The summed E-state index contributed by atoms with van der Waals surface area (Å²) in [5.41, 5.74) is 7.37. The van der Waals surface area contributed by atoms with Crippen molar-refractivity contribution in [2.24, 2.45) is 5.73 Å². The quantitative estimate of drug-likeness (QED) is 0.864. The third-order valence-corrected chi connectivity index (χ3v) is 3.83. The van der Waals surface area contributed by atoms with Gasteiger partial charge in [0.15, 0.2) is 0 Å². The summed E-state index contributed by atoms with van der Waals surface area (Å²) in [4.78, 5) is 2.58. The van der Waals surface area contributed by atoms with E-state index < -0.39 is 0 Å². The number of rotatable bonds is 4. The lowest BCUT2D eigenvalue weighted by Crippen LogP contribution is -2.35. The van der Waals surface area contributed by atoms with Crippen LogP contribution < -0.4 is 5.73 Å². The summed E-state index contributed by atoms with van der Waals surface area (Å²) >= 11 is 0. The van der Waals surface area contributed by atoms with Crippen LogP contribution in [0, 0.1) is 0 Å². The molecule has 17 heavy (non-hydrogen) atoms. The highest BCUT2D eigenvalue weighted by Crippen LogP contribution is 2.28. The molecule has 2 N–H and O–H groups in total. The monoisotopic (exact) mass is 232 g/mol. The van der Waals surface area contributed by atoms with Gasteiger partial charge in [0.25, 0.3) is 0 Å². The number of hydrogen-bond donors (Lipinski definition) is 1. The van der Waals surface area contributed by atoms with Crippen molar-refractivity contribution in [2.45, 2.75) is 44.7 Å². The summed E-state index contributed by atoms with van der Waals surface area (Å²) in [6, 6.07) is 11.8. The minimum absolute atomic E-state index is 0.306. The zero-order valence-corrected chi connectivity index (χ0v) is 11.0. The first-order valence-electron chi connectivity index (χ1n) is 6.71. The van der Waals surface area contributed by atoms with Gasteiger partial charge in [-0.05, 0) is 44.7 Å². The zero-order valence-electron chi connectivity index (χ0n) is 11.0. The van der Waals surface area contributed by atoms with Gasteiger partial charge in [0.05, 0.1) is 0 Å². The maximum absolute atomic E-state index is 5.88. The summed E-state index contributed by atoms with van der Waals surface area (Å²) in [5.74, 6) is 0.715. The second kappa shape index (κ2) is 5.65. The van der Waals surface area contributed by atoms with Gasteiger partial charge >= 0.3 is 0 Å². The topological polar surface area (TPSA) is 29.3 Å². The maximum Gasteiger partial charge on any atom is 0.00818 e. The van der Waals surface area contributed by atoms with E-state index in [4.69, 9.17) is 5.73 Å². The molecule has 0 aromatic heterocycles. The fraction of sp³-hybridized carbons (Fsp3) is 0.600. The van der Waals surface area contributed by atoms with Crippen LogP contribution in [-0.4, -0.2) is 30.1 Å². The average Bonchev–Trinajstić information content (AvgIpc) is 2.78. The Morgan fingerprint density at radius 2 is 2.00 bits per heavy atom. The van der Waals surface area contributed by atoms with Crippen LogP contribution in [0.2, 0.25) is 0 Å². The van der Waals surface area contributed by atoms with Crippen LogP contribution in [0.3, 0.4) is 0 Å². The van der Waals surface area contributed by atoms with E-state index in [1.807, 2.05) is 0 Å². The van der Waals surface area contributed by atoms with Gasteiger partial charge in [-0.25, -0.2) is 0 Å². The summed E-state index contributed by atoms with van der Waals surface area (Å²) in [6.45, 7) is 6.81. The van der Waals surface area contributed by atoms with Crippen molar-refractivity contribution in [1.29, 1.82) is 0 Å². The lowest BCUT2D eigenvalue weighted by molar-refractivity contribution is 0.236. The maximum atomic E-state index is 5.88. The number of benzene rings is 1. The molecule has 1 aromatic carbocycles. The van der Waals surface area contributed by atoms with Gasteiger partial charge in [-0.15, -0.1) is 0 Å². The minimum atomic E-state index is 0.306. The molecule has 1 saturated heterocycles. The fourth-order valence-electron chi connectivity index (χ4n) is 2.87. The van der Waals surface area contributed by atoms with E-state index in [2.05, 4.69) is 49.1 Å². The van der Waals surface area contributed by atoms with Gasteiger partial charge in [0.1, 0.15) is 0 Å². The first kappa shape index (κ1) is 12.6. The molecule has 1 aliphatic rings. The van der Waals surface area contributed by atoms with Crippen molar-refractivity contribution < 1.29 is 0 Å². The summed E-state index contributed by atoms with van der Waals surface area (Å²) in [5, 5.41) is 0. The second-order valence-corrected chi connectivity index (χ2v) is 5.45. The van der Waals surface area contributed by atoms with E-state index >= 15 is 0 Å². The van der Waals surface area contributed by atoms with Gasteiger partial charge in [0.2, 0.25) is 0 Å². The van der Waals surface area contributed by atoms with Crippen LogP contribution in [0.15, 0.2) is 30.3 Å². The molecule has 2 rings (SSSR count). The van der Waals surface area contributed by atoms with Crippen molar-refractivity contribution in [3.63, 3.8) is 0 Å². The molecule has 1 aromatic rings. The molecular formula is C15H24N2. The Morgan fingerprint density at radius 1 is 1.29 bits per heavy atom. The molecule has 0 saturated carbocycles. The van der Waals surface area contributed by atoms with E-state index in [1.165, 1.54) is 25.1 Å². The van der Waals surface area contributed by atoms with E-state index in [1.54, 1.807) is 0 Å². The summed E-state index contributed by atoms with van der Waals surface area (Å²) in [7, 11) is 0. The normalized spacial score (nSPS) is 24.8. The van der Waals surface area contributed by atoms with Crippen LogP contribution in [-0.2, 0) is 0 Å². The van der Waals surface area contributed by atoms with Gasteiger partial charge in [0, 0.05) is 18.6 Å². The van der Waals surface area contributed by atoms with Crippen LogP contribution in [0.25, 0.3) is 0 Å². The van der Waals surface area contributed by atoms with E-state index in [9.17, 15) is 0 Å². The Labute approximate surface area is 105 Å². The number of nitrogens with two attached hydrogens (primary N) is 1. The van der Waals surface area contributed by atoms with Gasteiger partial charge in [-0.3, -0.25) is 4.90 Å². The zero-order chi connectivity index (χ0) is 12.3. The molecule has 0 spiro atoms. The van der Waals surface area contributed by atoms with E-state index in [0.717, 1.165) is 6.42 Å². The smallest absolute Gasteiger partial charge is 0.00818 e. The number of nitrogens with zero attached hydrogens (tertiary/aromatic N) is 1. The van der Waals surface area contributed by atoms with E-state index in [0.29, 0.717) is 18.0 Å². The summed E-state index contributed by atoms with van der Waals surface area (Å²) < 4.78 is 0. The second-order valence-electron chi connectivity index (χ2n) is 5.45. The molecule has 2 heteroatoms. The average molecular weight is 232 g/mol. The Balaban J connectivity index is 1.91. The SMILES string of the molecule is CC(N)CC(C)N1CCC(c2ccccc2)C1. The van der Waals surface area contributed by atoms with Gasteiger partial charge < -0.3 is 5.73 Å². The van der Waals surface area contributed by atoms with Gasteiger partial charge in [-0.1, -0.05) is 30.3 Å². The van der Waals surface area contributed by atoms with Crippen LogP contribution >= 0.6 is 0 Å². The first-order chi connectivity index (χ1) is 8.16.